The Kier molecular flexibility index (Phi) is 13.1. The van der Waals surface area contributed by atoms with E-state index < -0.39 is 0 Å². The molecular weight excluding hydrogens is 753 g/mol. The lowest BCUT2D eigenvalue weighted by molar-refractivity contribution is -0.457. The number of hydrogen-bond donors (Lipinski definition) is 0. The zero-order valence-corrected chi connectivity index (χ0v) is 40.9. The first-order valence-electron chi connectivity index (χ1n) is 23.8. The fraction of sp³-hybridized carbons (Fsp3) is 0.448. The van der Waals surface area contributed by atoms with Gasteiger partial charge in [0.25, 0.3) is 0 Å². The van der Waals surface area contributed by atoms with E-state index in [0.717, 1.165) is 13.1 Å². The molecule has 0 aliphatic carbocycles. The van der Waals surface area contributed by atoms with Crippen LogP contribution in [0.2, 0.25) is 0 Å². The van der Waals surface area contributed by atoms with E-state index in [9.17, 15) is 0 Å². The van der Waals surface area contributed by atoms with Gasteiger partial charge in [-0.25, -0.2) is 0 Å². The lowest BCUT2D eigenvalue weighted by Crippen LogP contribution is -2.34. The third-order valence-corrected chi connectivity index (χ3v) is 13.2. The number of nitrogens with zero attached hydrogens (tertiary/aromatic N) is 4. The van der Waals surface area contributed by atoms with Crippen LogP contribution in [-0.2, 0) is 13.1 Å². The van der Waals surface area contributed by atoms with Gasteiger partial charge in [0.05, 0.1) is 47.2 Å². The second-order valence-electron chi connectivity index (χ2n) is 20.5. The third kappa shape index (κ3) is 8.31. The molecular formula is C58H74N4. The van der Waals surface area contributed by atoms with Crippen LogP contribution in [-0.4, -0.2) is 21.8 Å². The van der Waals surface area contributed by atoms with Gasteiger partial charge in [0.1, 0.15) is 0 Å². The summed E-state index contributed by atoms with van der Waals surface area (Å²) >= 11 is 0. The molecule has 0 saturated heterocycles. The maximum Gasteiger partial charge on any atom is 0.245 e. The van der Waals surface area contributed by atoms with Crippen LogP contribution in [0.4, 0.5) is 34.1 Å². The average Bonchev–Trinajstić information content (AvgIpc) is 3.23. The fourth-order valence-electron chi connectivity index (χ4n) is 9.88. The molecule has 0 radical (unpaired) electrons. The van der Waals surface area contributed by atoms with Crippen molar-refractivity contribution in [3.63, 3.8) is 0 Å². The Morgan fingerprint density at radius 2 is 0.581 bits per heavy atom. The van der Waals surface area contributed by atoms with E-state index in [2.05, 4.69) is 227 Å². The molecule has 0 N–H and O–H groups in total. The van der Waals surface area contributed by atoms with Gasteiger partial charge >= 0.3 is 0 Å². The minimum absolute atomic E-state index is 0.329. The highest BCUT2D eigenvalue weighted by Gasteiger charge is 2.33. The molecule has 4 heteroatoms. The Morgan fingerprint density at radius 3 is 0.806 bits per heavy atom. The van der Waals surface area contributed by atoms with Gasteiger partial charge in [0, 0.05) is 0 Å². The first kappa shape index (κ1) is 45.1. The summed E-state index contributed by atoms with van der Waals surface area (Å²) in [6.45, 7) is 38.8. The molecule has 2 aliphatic rings. The summed E-state index contributed by atoms with van der Waals surface area (Å²) in [5.41, 5.74) is 21.0. The van der Waals surface area contributed by atoms with Crippen LogP contribution in [0.15, 0.2) is 84.9 Å². The Labute approximate surface area is 376 Å². The highest BCUT2D eigenvalue weighted by atomic mass is 15.3. The van der Waals surface area contributed by atoms with E-state index in [1.165, 1.54) is 89.8 Å². The Hall–Kier alpha value is -4.96. The zero-order chi connectivity index (χ0) is 44.9. The fourth-order valence-corrected chi connectivity index (χ4v) is 9.88. The minimum atomic E-state index is 0.329. The first-order valence-corrected chi connectivity index (χ1v) is 23.8. The maximum absolute atomic E-state index is 4.14. The molecule has 0 atom stereocenters. The molecule has 0 saturated carbocycles. The molecule has 0 aromatic heterocycles. The summed E-state index contributed by atoms with van der Waals surface area (Å²) in [5.74, 6) is 2.74. The van der Waals surface area contributed by atoms with Crippen LogP contribution in [0, 0.1) is 0 Å². The quantitative estimate of drug-likeness (QED) is 0.0918. The predicted molar refractivity (Wildman–Crippen MR) is 266 cm³/mol. The second-order valence-corrected chi connectivity index (χ2v) is 20.5. The van der Waals surface area contributed by atoms with Gasteiger partial charge in [0.15, 0.2) is 0 Å². The lowest BCUT2D eigenvalue weighted by atomic mass is 9.89. The molecule has 0 spiro atoms. The molecule has 62 heavy (non-hydrogen) atoms. The molecule has 0 bridgehead atoms. The third-order valence-electron chi connectivity index (χ3n) is 13.2. The van der Waals surface area contributed by atoms with Crippen molar-refractivity contribution in [2.75, 3.05) is 9.80 Å². The van der Waals surface area contributed by atoms with Crippen LogP contribution in [0.1, 0.15) is 214 Å². The van der Waals surface area contributed by atoms with Gasteiger partial charge in [-0.05, 0) is 103 Å². The van der Waals surface area contributed by atoms with Crippen molar-refractivity contribution in [2.45, 2.75) is 171 Å². The molecule has 0 unspecified atom stereocenters. The summed E-state index contributed by atoms with van der Waals surface area (Å²) in [5, 5.41) is 0. The van der Waals surface area contributed by atoms with E-state index in [0.29, 0.717) is 47.3 Å². The summed E-state index contributed by atoms with van der Waals surface area (Å²) in [4.78, 5) is 4.93. The van der Waals surface area contributed by atoms with Crippen molar-refractivity contribution in [1.82, 2.24) is 0 Å². The summed E-state index contributed by atoms with van der Waals surface area (Å²) in [6, 6.07) is 32.7. The second kappa shape index (κ2) is 18.0. The van der Waals surface area contributed by atoms with Crippen LogP contribution in [0.5, 0.6) is 0 Å². The molecule has 2 aliphatic heterocycles. The molecule has 5 aromatic carbocycles. The van der Waals surface area contributed by atoms with Gasteiger partial charge in [-0.2, -0.15) is 0 Å². The first-order chi connectivity index (χ1) is 29.4. The molecule has 5 aromatic rings. The number of rotatable bonds is 12. The smallest absolute Gasteiger partial charge is 0.245 e. The summed E-state index contributed by atoms with van der Waals surface area (Å²) in [6.07, 6.45) is 8.27. The Balaban J connectivity index is 1.60. The van der Waals surface area contributed by atoms with E-state index in [4.69, 9.17) is 0 Å². The standard InChI is InChI=1S/C58H74N4/c1-35(2)45-21-17-22-46(36(3)4)55(45)59-31-43-29-54-44(30-53(43)61(33-59)57-49(39(9)10)25-19-26-50(57)40(11)12)32-60(56-47(37(5)6)23-18-24-48(56)38(7)8)34-62(54)58-51(41(13)14)27-20-28-52(58)42(15)16/h17-30,35-42H,31-32H2,1-16H3. The summed E-state index contributed by atoms with van der Waals surface area (Å²) < 4.78 is 4.92. The number of para-hydroxylation sites is 4. The van der Waals surface area contributed by atoms with Crippen LogP contribution < -0.4 is 9.80 Å². The normalized spacial score (nSPS) is 14.3. The molecule has 0 amide bonds. The molecule has 4 nitrogen and oxygen atoms in total. The van der Waals surface area contributed by atoms with Crippen molar-refractivity contribution in [2.24, 2.45) is 0 Å². The predicted octanol–water partition coefficient (Wildman–Crippen LogP) is 16.5. The lowest BCUT2D eigenvalue weighted by Gasteiger charge is -2.39. The number of benzene rings is 5. The van der Waals surface area contributed by atoms with E-state index in [1.807, 2.05) is 0 Å². The van der Waals surface area contributed by atoms with Gasteiger partial charge in [-0.15, -0.1) is 0 Å². The van der Waals surface area contributed by atoms with Crippen molar-refractivity contribution in [3.8, 4) is 0 Å². The largest absolute Gasteiger partial charge is 0.314 e. The SMILES string of the molecule is CC(C)c1cccc(C(C)C)c1N1[C-]=[N+](c2c(C(C)C)cccc2C(C)C)Cc2cc3c(cc21)C[N+](c1c(C(C)C)cccc1C(C)C)=[C-]N3c1c(C(C)C)cccc1C(C)C. The maximum atomic E-state index is 4.14. The number of anilines is 4. The molecule has 0 fully saturated rings. The molecule has 2 heterocycles. The van der Waals surface area contributed by atoms with Crippen molar-refractivity contribution >= 4 is 46.8 Å². The van der Waals surface area contributed by atoms with E-state index in [-0.39, 0.29) is 0 Å². The van der Waals surface area contributed by atoms with Crippen molar-refractivity contribution in [3.05, 3.63) is 141 Å². The van der Waals surface area contributed by atoms with Crippen molar-refractivity contribution in [1.29, 1.82) is 0 Å². The van der Waals surface area contributed by atoms with Crippen molar-refractivity contribution < 1.29 is 9.15 Å². The van der Waals surface area contributed by atoms with Gasteiger partial charge in [-0.1, -0.05) is 196 Å². The minimum Gasteiger partial charge on any atom is -0.314 e. The highest BCUT2D eigenvalue weighted by Crippen LogP contribution is 2.49. The van der Waals surface area contributed by atoms with Gasteiger partial charge < -0.3 is 19.0 Å². The van der Waals surface area contributed by atoms with E-state index in [1.54, 1.807) is 0 Å². The van der Waals surface area contributed by atoms with Crippen LogP contribution in [0.25, 0.3) is 0 Å². The van der Waals surface area contributed by atoms with Gasteiger partial charge in [0.2, 0.25) is 12.7 Å². The monoisotopic (exact) mass is 827 g/mol. The Bertz CT molecular complexity index is 2230. The molecule has 7 rings (SSSR count). The topological polar surface area (TPSA) is 12.5 Å². The zero-order valence-electron chi connectivity index (χ0n) is 40.9. The average molecular weight is 827 g/mol. The van der Waals surface area contributed by atoms with E-state index >= 15 is 0 Å². The Morgan fingerprint density at radius 1 is 0.355 bits per heavy atom. The highest BCUT2D eigenvalue weighted by molar-refractivity contribution is 5.97. The number of hydrogen-bond acceptors (Lipinski definition) is 2. The van der Waals surface area contributed by atoms with Crippen LogP contribution >= 0.6 is 0 Å². The summed E-state index contributed by atoms with van der Waals surface area (Å²) in [7, 11) is 0. The molecule has 326 valence electrons. The van der Waals surface area contributed by atoms with Gasteiger partial charge in [-0.3, -0.25) is 0 Å². The van der Waals surface area contributed by atoms with Crippen LogP contribution in [0.3, 0.4) is 0 Å². The number of fused-ring (bicyclic) bond motifs is 2.